The van der Waals surface area contributed by atoms with E-state index < -0.39 is 10.0 Å². The lowest BCUT2D eigenvalue weighted by Gasteiger charge is -2.11. The predicted molar refractivity (Wildman–Crippen MR) is 102 cm³/mol. The molecule has 0 spiro atoms. The summed E-state index contributed by atoms with van der Waals surface area (Å²) in [4.78, 5) is 16.0. The number of nitrogens with two attached hydrogens (primary N) is 1. The summed E-state index contributed by atoms with van der Waals surface area (Å²) in [6, 6.07) is 9.81. The van der Waals surface area contributed by atoms with Crippen LogP contribution in [0.1, 0.15) is 5.56 Å². The Hall–Kier alpha value is -2.19. The van der Waals surface area contributed by atoms with Crippen LogP contribution in [0.25, 0.3) is 10.8 Å². The van der Waals surface area contributed by atoms with Crippen molar-refractivity contribution in [1.29, 1.82) is 0 Å². The van der Waals surface area contributed by atoms with Gasteiger partial charge in [-0.25, -0.2) is 13.6 Å². The number of halogens is 2. The van der Waals surface area contributed by atoms with Gasteiger partial charge in [-0.3, -0.25) is 9.78 Å². The van der Waals surface area contributed by atoms with E-state index in [1.165, 1.54) is 18.5 Å². The Kier molecular flexibility index (Phi) is 5.15. The molecule has 1 heterocycles. The number of hydrogen-bond acceptors (Lipinski definition) is 4. The van der Waals surface area contributed by atoms with Crippen LogP contribution in [0.3, 0.4) is 0 Å². The summed E-state index contributed by atoms with van der Waals surface area (Å²) < 4.78 is 23.8. The molecule has 0 aliphatic heterocycles. The number of aromatic nitrogens is 1. The zero-order chi connectivity index (χ0) is 18.9. The highest BCUT2D eigenvalue weighted by atomic mass is 35.5. The molecule has 0 saturated heterocycles. The number of hydrogen-bond donors (Lipinski definition) is 2. The molecular formula is C17H13Cl2N3O3S. The van der Waals surface area contributed by atoms with Crippen LogP contribution in [0, 0.1) is 0 Å². The molecule has 0 aliphatic rings. The quantitative estimate of drug-likeness (QED) is 0.689. The lowest BCUT2D eigenvalue weighted by molar-refractivity contribution is -0.115. The fourth-order valence-electron chi connectivity index (χ4n) is 2.53. The number of benzene rings is 2. The van der Waals surface area contributed by atoms with Crippen molar-refractivity contribution >= 4 is 55.6 Å². The van der Waals surface area contributed by atoms with Crippen LogP contribution in [0.5, 0.6) is 0 Å². The van der Waals surface area contributed by atoms with Gasteiger partial charge in [-0.15, -0.1) is 0 Å². The normalized spacial score (nSPS) is 11.5. The number of pyridine rings is 1. The van der Waals surface area contributed by atoms with Gasteiger partial charge in [0.1, 0.15) is 0 Å². The van der Waals surface area contributed by atoms with Gasteiger partial charge in [-0.05, 0) is 23.8 Å². The van der Waals surface area contributed by atoms with Crippen LogP contribution in [-0.4, -0.2) is 19.3 Å². The van der Waals surface area contributed by atoms with Crippen molar-refractivity contribution in [3.05, 3.63) is 64.4 Å². The van der Waals surface area contributed by atoms with Crippen molar-refractivity contribution in [3.8, 4) is 0 Å². The SMILES string of the molecule is NS(=O)(=O)c1cc(NC(=O)Cc2ccccc2Cl)cc2c(Cl)cncc12. The van der Waals surface area contributed by atoms with E-state index >= 15 is 0 Å². The molecular weight excluding hydrogens is 397 g/mol. The number of fused-ring (bicyclic) bond motifs is 1. The van der Waals surface area contributed by atoms with Crippen LogP contribution in [-0.2, 0) is 21.2 Å². The van der Waals surface area contributed by atoms with Crippen molar-refractivity contribution in [2.24, 2.45) is 5.14 Å². The molecule has 0 bridgehead atoms. The van der Waals surface area contributed by atoms with Crippen LogP contribution in [0.4, 0.5) is 5.69 Å². The molecule has 134 valence electrons. The molecule has 6 nitrogen and oxygen atoms in total. The highest BCUT2D eigenvalue weighted by molar-refractivity contribution is 7.89. The molecule has 3 aromatic rings. The summed E-state index contributed by atoms with van der Waals surface area (Å²) in [6.07, 6.45) is 2.77. The maximum Gasteiger partial charge on any atom is 0.238 e. The number of rotatable bonds is 4. The van der Waals surface area contributed by atoms with E-state index in [9.17, 15) is 13.2 Å². The number of primary sulfonamides is 1. The molecule has 2 aromatic carbocycles. The number of carbonyl (C=O) groups is 1. The van der Waals surface area contributed by atoms with Crippen molar-refractivity contribution in [1.82, 2.24) is 4.98 Å². The second-order valence-corrected chi connectivity index (χ2v) is 7.90. The number of nitrogens with zero attached hydrogens (tertiary/aromatic N) is 1. The topological polar surface area (TPSA) is 102 Å². The number of anilines is 1. The minimum Gasteiger partial charge on any atom is -0.326 e. The molecule has 0 radical (unpaired) electrons. The minimum absolute atomic E-state index is 0.0342. The van der Waals surface area contributed by atoms with Crippen molar-refractivity contribution < 1.29 is 13.2 Å². The number of nitrogens with one attached hydrogen (secondary N) is 1. The summed E-state index contributed by atoms with van der Waals surface area (Å²) in [6.45, 7) is 0. The molecule has 0 atom stereocenters. The number of amides is 1. The van der Waals surface area contributed by atoms with Gasteiger partial charge >= 0.3 is 0 Å². The van der Waals surface area contributed by atoms with Gasteiger partial charge in [-0.1, -0.05) is 41.4 Å². The van der Waals surface area contributed by atoms with E-state index in [0.29, 0.717) is 16.0 Å². The van der Waals surface area contributed by atoms with Crippen molar-refractivity contribution in [2.45, 2.75) is 11.3 Å². The summed E-state index contributed by atoms with van der Waals surface area (Å²) in [5, 5.41) is 9.36. The monoisotopic (exact) mass is 409 g/mol. The second kappa shape index (κ2) is 7.20. The molecule has 0 saturated carbocycles. The maximum absolute atomic E-state index is 12.3. The Labute approximate surface area is 160 Å². The standard InChI is InChI=1S/C17H13Cl2N3O3S/c18-14-4-2-1-3-10(14)5-17(23)22-11-6-12-13(8-21-9-15(12)19)16(7-11)26(20,24)25/h1-4,6-9H,5H2,(H,22,23)(H2,20,24,25). The zero-order valence-corrected chi connectivity index (χ0v) is 15.6. The molecule has 1 amide bonds. The Morgan fingerprint density at radius 2 is 1.81 bits per heavy atom. The lowest BCUT2D eigenvalue weighted by atomic mass is 10.1. The third-order valence-corrected chi connectivity index (χ3v) is 5.31. The van der Waals surface area contributed by atoms with Gasteiger partial charge in [0.2, 0.25) is 15.9 Å². The Balaban J connectivity index is 1.99. The van der Waals surface area contributed by atoms with E-state index in [1.54, 1.807) is 30.3 Å². The largest absolute Gasteiger partial charge is 0.326 e. The summed E-state index contributed by atoms with van der Waals surface area (Å²) in [7, 11) is -4.04. The maximum atomic E-state index is 12.3. The Bertz CT molecular complexity index is 1120. The van der Waals surface area contributed by atoms with Gasteiger partial charge in [0, 0.05) is 33.9 Å². The molecule has 0 fully saturated rings. The molecule has 26 heavy (non-hydrogen) atoms. The molecule has 0 aliphatic carbocycles. The van der Waals surface area contributed by atoms with Crippen LogP contribution in [0.2, 0.25) is 10.0 Å². The second-order valence-electron chi connectivity index (χ2n) is 5.55. The summed E-state index contributed by atoms with van der Waals surface area (Å²) in [5.74, 6) is -0.358. The van der Waals surface area contributed by atoms with E-state index in [-0.39, 0.29) is 33.3 Å². The molecule has 9 heteroatoms. The van der Waals surface area contributed by atoms with Crippen molar-refractivity contribution in [2.75, 3.05) is 5.32 Å². The Morgan fingerprint density at radius 3 is 2.50 bits per heavy atom. The Morgan fingerprint density at radius 1 is 1.08 bits per heavy atom. The first-order valence-corrected chi connectivity index (χ1v) is 9.69. The third-order valence-electron chi connectivity index (χ3n) is 3.69. The van der Waals surface area contributed by atoms with Gasteiger partial charge in [0.05, 0.1) is 16.3 Å². The number of carbonyl (C=O) groups excluding carboxylic acids is 1. The third kappa shape index (κ3) is 3.96. The van der Waals surface area contributed by atoms with Crippen molar-refractivity contribution in [3.63, 3.8) is 0 Å². The lowest BCUT2D eigenvalue weighted by Crippen LogP contribution is -2.17. The van der Waals surface area contributed by atoms with E-state index in [0.717, 1.165) is 0 Å². The average Bonchev–Trinajstić information content (AvgIpc) is 2.56. The molecule has 3 N–H and O–H groups in total. The fraction of sp³-hybridized carbons (Fsp3) is 0.0588. The molecule has 3 rings (SSSR count). The number of sulfonamides is 1. The fourth-order valence-corrected chi connectivity index (χ4v) is 3.71. The first kappa shape index (κ1) is 18.6. The highest BCUT2D eigenvalue weighted by Gasteiger charge is 2.17. The molecule has 1 aromatic heterocycles. The van der Waals surface area contributed by atoms with Crippen LogP contribution >= 0.6 is 23.2 Å². The first-order chi connectivity index (χ1) is 12.3. The highest BCUT2D eigenvalue weighted by Crippen LogP contribution is 2.31. The predicted octanol–water partition coefficient (Wildman–Crippen LogP) is 3.37. The van der Waals surface area contributed by atoms with Gasteiger partial charge in [0.15, 0.2) is 0 Å². The minimum atomic E-state index is -4.04. The summed E-state index contributed by atoms with van der Waals surface area (Å²) >= 11 is 12.2. The van der Waals surface area contributed by atoms with Crippen LogP contribution < -0.4 is 10.5 Å². The van der Waals surface area contributed by atoms with Gasteiger partial charge in [-0.2, -0.15) is 0 Å². The summed E-state index contributed by atoms with van der Waals surface area (Å²) in [5.41, 5.74) is 0.910. The smallest absolute Gasteiger partial charge is 0.238 e. The van der Waals surface area contributed by atoms with Crippen LogP contribution in [0.15, 0.2) is 53.7 Å². The first-order valence-electron chi connectivity index (χ1n) is 7.39. The molecule has 0 unspecified atom stereocenters. The van der Waals surface area contributed by atoms with E-state index in [4.69, 9.17) is 28.3 Å². The average molecular weight is 410 g/mol. The van der Waals surface area contributed by atoms with E-state index in [1.807, 2.05) is 0 Å². The zero-order valence-electron chi connectivity index (χ0n) is 13.2. The van der Waals surface area contributed by atoms with E-state index in [2.05, 4.69) is 10.3 Å². The van der Waals surface area contributed by atoms with Gasteiger partial charge in [0.25, 0.3) is 0 Å². The van der Waals surface area contributed by atoms with Gasteiger partial charge < -0.3 is 5.32 Å².